The van der Waals surface area contributed by atoms with Gasteiger partial charge in [-0.2, -0.15) is 0 Å². The standard InChI is InChI=1S/C11H12BrNO2/c12-11(9-3-4-9)7-8-1-5-10(6-2-8)13(14)15/h1-2,5-6,9,11H,3-4,7H2. The molecule has 4 heteroatoms. The van der Waals surface area contributed by atoms with E-state index in [1.807, 2.05) is 12.1 Å². The van der Waals surface area contributed by atoms with Crippen LogP contribution in [0.1, 0.15) is 18.4 Å². The zero-order valence-corrected chi connectivity index (χ0v) is 9.81. The summed E-state index contributed by atoms with van der Waals surface area (Å²) in [5, 5.41) is 10.4. The van der Waals surface area contributed by atoms with Crippen molar-refractivity contribution in [3.8, 4) is 0 Å². The second-order valence-corrected chi connectivity index (χ2v) is 5.16. The summed E-state index contributed by atoms with van der Waals surface area (Å²) in [5.74, 6) is 0.806. The van der Waals surface area contributed by atoms with E-state index in [1.54, 1.807) is 12.1 Å². The van der Waals surface area contributed by atoms with Crippen molar-refractivity contribution in [1.82, 2.24) is 0 Å². The van der Waals surface area contributed by atoms with E-state index in [9.17, 15) is 10.1 Å². The van der Waals surface area contributed by atoms with Crippen molar-refractivity contribution in [2.75, 3.05) is 0 Å². The van der Waals surface area contributed by atoms with Gasteiger partial charge in [0.1, 0.15) is 0 Å². The topological polar surface area (TPSA) is 43.1 Å². The molecule has 1 unspecified atom stereocenters. The molecular formula is C11H12BrNO2. The summed E-state index contributed by atoms with van der Waals surface area (Å²) in [6, 6.07) is 6.83. The van der Waals surface area contributed by atoms with Gasteiger partial charge in [-0.05, 0) is 30.7 Å². The van der Waals surface area contributed by atoms with Gasteiger partial charge < -0.3 is 0 Å². The smallest absolute Gasteiger partial charge is 0.258 e. The zero-order chi connectivity index (χ0) is 10.8. The number of nitro benzene ring substituents is 1. The summed E-state index contributed by atoms with van der Waals surface area (Å²) < 4.78 is 0. The molecule has 0 aliphatic heterocycles. The van der Waals surface area contributed by atoms with Gasteiger partial charge in [0.25, 0.3) is 5.69 Å². The van der Waals surface area contributed by atoms with Gasteiger partial charge >= 0.3 is 0 Å². The van der Waals surface area contributed by atoms with E-state index in [2.05, 4.69) is 15.9 Å². The van der Waals surface area contributed by atoms with E-state index in [4.69, 9.17) is 0 Å². The summed E-state index contributed by atoms with van der Waals surface area (Å²) in [5.41, 5.74) is 1.32. The Morgan fingerprint density at radius 3 is 2.47 bits per heavy atom. The number of hydrogen-bond donors (Lipinski definition) is 0. The fourth-order valence-corrected chi connectivity index (χ4v) is 2.51. The predicted molar refractivity (Wildman–Crippen MR) is 62.2 cm³/mol. The highest BCUT2D eigenvalue weighted by molar-refractivity contribution is 9.09. The molecule has 80 valence electrons. The lowest BCUT2D eigenvalue weighted by atomic mass is 10.1. The first-order valence-corrected chi connectivity index (χ1v) is 5.96. The average Bonchev–Trinajstić information content (AvgIpc) is 3.01. The van der Waals surface area contributed by atoms with Gasteiger partial charge in [-0.3, -0.25) is 10.1 Å². The Bertz CT molecular complexity index is 359. The number of non-ortho nitro benzene ring substituents is 1. The van der Waals surface area contributed by atoms with Crippen molar-refractivity contribution in [2.45, 2.75) is 24.1 Å². The number of hydrogen-bond acceptors (Lipinski definition) is 2. The van der Waals surface area contributed by atoms with E-state index in [0.29, 0.717) is 4.83 Å². The first-order chi connectivity index (χ1) is 7.16. The van der Waals surface area contributed by atoms with Gasteiger partial charge in [0.2, 0.25) is 0 Å². The quantitative estimate of drug-likeness (QED) is 0.478. The van der Waals surface area contributed by atoms with Gasteiger partial charge in [-0.1, -0.05) is 28.1 Å². The SMILES string of the molecule is O=[N+]([O-])c1ccc(CC(Br)C2CC2)cc1. The van der Waals surface area contributed by atoms with Crippen LogP contribution >= 0.6 is 15.9 Å². The molecule has 0 radical (unpaired) electrons. The maximum atomic E-state index is 10.4. The summed E-state index contributed by atoms with van der Waals surface area (Å²) in [4.78, 5) is 10.6. The number of nitrogens with zero attached hydrogens (tertiary/aromatic N) is 1. The maximum absolute atomic E-state index is 10.4. The third-order valence-corrected chi connectivity index (χ3v) is 3.78. The molecular weight excluding hydrogens is 258 g/mol. The minimum absolute atomic E-state index is 0.163. The molecule has 1 saturated carbocycles. The molecule has 1 aliphatic rings. The van der Waals surface area contributed by atoms with Crippen molar-refractivity contribution in [1.29, 1.82) is 0 Å². The fourth-order valence-electron chi connectivity index (χ4n) is 1.60. The summed E-state index contributed by atoms with van der Waals surface area (Å²) >= 11 is 3.65. The minimum Gasteiger partial charge on any atom is -0.258 e. The molecule has 0 amide bonds. The van der Waals surface area contributed by atoms with Crippen molar-refractivity contribution >= 4 is 21.6 Å². The summed E-state index contributed by atoms with van der Waals surface area (Å²) in [6.45, 7) is 0. The lowest BCUT2D eigenvalue weighted by Crippen LogP contribution is -2.04. The number of nitro groups is 1. The molecule has 1 fully saturated rings. The molecule has 0 saturated heterocycles. The average molecular weight is 270 g/mol. The molecule has 3 nitrogen and oxygen atoms in total. The molecule has 0 spiro atoms. The highest BCUT2D eigenvalue weighted by Gasteiger charge is 2.29. The number of halogens is 1. The van der Waals surface area contributed by atoms with Gasteiger partial charge in [-0.25, -0.2) is 0 Å². The van der Waals surface area contributed by atoms with Gasteiger partial charge in [-0.15, -0.1) is 0 Å². The highest BCUT2D eigenvalue weighted by atomic mass is 79.9. The Hall–Kier alpha value is -0.900. The fraction of sp³-hybridized carbons (Fsp3) is 0.455. The van der Waals surface area contributed by atoms with Gasteiger partial charge in [0, 0.05) is 17.0 Å². The van der Waals surface area contributed by atoms with E-state index < -0.39 is 0 Å². The predicted octanol–water partition coefficient (Wildman–Crippen LogP) is 3.31. The number of alkyl halides is 1. The van der Waals surface area contributed by atoms with Crippen molar-refractivity contribution in [3.05, 3.63) is 39.9 Å². The first kappa shape index (κ1) is 10.6. The molecule has 0 heterocycles. The summed E-state index contributed by atoms with van der Waals surface area (Å²) in [7, 11) is 0. The van der Waals surface area contributed by atoms with Crippen LogP contribution in [0.2, 0.25) is 0 Å². The normalized spacial score (nSPS) is 17.4. The van der Waals surface area contributed by atoms with Gasteiger partial charge in [0.05, 0.1) is 4.92 Å². The first-order valence-electron chi connectivity index (χ1n) is 5.04. The van der Waals surface area contributed by atoms with E-state index >= 15 is 0 Å². The van der Waals surface area contributed by atoms with Crippen LogP contribution in [0.5, 0.6) is 0 Å². The van der Waals surface area contributed by atoms with Crippen LogP contribution in [0, 0.1) is 16.0 Å². The summed E-state index contributed by atoms with van der Waals surface area (Å²) in [6.07, 6.45) is 3.58. The molecule has 15 heavy (non-hydrogen) atoms. The Morgan fingerprint density at radius 2 is 2.00 bits per heavy atom. The van der Waals surface area contributed by atoms with Crippen LogP contribution < -0.4 is 0 Å². The Labute approximate surface area is 96.8 Å². The Balaban J connectivity index is 1.99. The molecule has 2 rings (SSSR count). The monoisotopic (exact) mass is 269 g/mol. The zero-order valence-electron chi connectivity index (χ0n) is 8.23. The van der Waals surface area contributed by atoms with E-state index in [-0.39, 0.29) is 10.6 Å². The molecule has 0 aromatic heterocycles. The molecule has 1 aromatic rings. The second kappa shape index (κ2) is 4.31. The molecule has 0 bridgehead atoms. The number of rotatable bonds is 4. The van der Waals surface area contributed by atoms with Crippen LogP contribution in [0.4, 0.5) is 5.69 Å². The van der Waals surface area contributed by atoms with Crippen molar-refractivity contribution in [3.63, 3.8) is 0 Å². The van der Waals surface area contributed by atoms with Crippen molar-refractivity contribution < 1.29 is 4.92 Å². The maximum Gasteiger partial charge on any atom is 0.269 e. The molecule has 1 atom stereocenters. The van der Waals surface area contributed by atoms with Gasteiger partial charge in [0.15, 0.2) is 0 Å². The molecule has 1 aromatic carbocycles. The molecule has 1 aliphatic carbocycles. The third-order valence-electron chi connectivity index (χ3n) is 2.71. The van der Waals surface area contributed by atoms with Crippen LogP contribution in [0.3, 0.4) is 0 Å². The minimum atomic E-state index is -0.365. The van der Waals surface area contributed by atoms with E-state index in [0.717, 1.165) is 17.9 Å². The van der Waals surface area contributed by atoms with Crippen molar-refractivity contribution in [2.24, 2.45) is 5.92 Å². The molecule has 0 N–H and O–H groups in total. The Morgan fingerprint density at radius 1 is 1.40 bits per heavy atom. The van der Waals surface area contributed by atoms with Crippen LogP contribution in [0.25, 0.3) is 0 Å². The van der Waals surface area contributed by atoms with E-state index in [1.165, 1.54) is 12.8 Å². The Kier molecular flexibility index (Phi) is 3.05. The lowest BCUT2D eigenvalue weighted by Gasteiger charge is -2.07. The second-order valence-electron chi connectivity index (χ2n) is 3.98. The van der Waals surface area contributed by atoms with Crippen LogP contribution in [-0.4, -0.2) is 9.75 Å². The number of benzene rings is 1. The lowest BCUT2D eigenvalue weighted by molar-refractivity contribution is -0.384. The highest BCUT2D eigenvalue weighted by Crippen LogP contribution is 2.38. The largest absolute Gasteiger partial charge is 0.269 e. The van der Waals surface area contributed by atoms with Crippen LogP contribution in [0.15, 0.2) is 24.3 Å². The van der Waals surface area contributed by atoms with Crippen LogP contribution in [-0.2, 0) is 6.42 Å². The third kappa shape index (κ3) is 2.78.